The third-order valence-electron chi connectivity index (χ3n) is 2.92. The summed E-state index contributed by atoms with van der Waals surface area (Å²) in [4.78, 5) is 14.5. The molecule has 0 aliphatic carbocycles. The van der Waals surface area contributed by atoms with Gasteiger partial charge in [0.1, 0.15) is 5.82 Å². The van der Waals surface area contributed by atoms with Crippen LogP contribution in [0.5, 0.6) is 0 Å². The first-order valence-electron chi connectivity index (χ1n) is 6.13. The Hall–Kier alpha value is -2.47. The van der Waals surface area contributed by atoms with Gasteiger partial charge in [-0.15, -0.1) is 0 Å². The summed E-state index contributed by atoms with van der Waals surface area (Å²) in [6, 6.07) is 8.89. The number of aliphatic hydroxyl groups excluding tert-OH is 1. The standard InChI is InChI=1S/C14H15N3O3/c1-10-7-15-14(6-13(10)17(19)20)16-8-11-3-2-4-12(5-11)9-18/h2-7,18H,8-9H2,1H3,(H,15,16). The van der Waals surface area contributed by atoms with Crippen LogP contribution in [0.15, 0.2) is 36.5 Å². The first-order chi connectivity index (χ1) is 9.60. The number of aryl methyl sites for hydroxylation is 1. The normalized spacial score (nSPS) is 10.3. The van der Waals surface area contributed by atoms with Crippen LogP contribution < -0.4 is 5.32 Å². The molecule has 6 nitrogen and oxygen atoms in total. The third-order valence-corrected chi connectivity index (χ3v) is 2.92. The second-order valence-electron chi connectivity index (χ2n) is 4.44. The number of pyridine rings is 1. The molecule has 0 saturated heterocycles. The Kier molecular flexibility index (Phi) is 4.27. The number of nitrogens with one attached hydrogen (secondary N) is 1. The maximum atomic E-state index is 10.9. The van der Waals surface area contributed by atoms with Crippen molar-refractivity contribution in [3.63, 3.8) is 0 Å². The quantitative estimate of drug-likeness (QED) is 0.645. The molecule has 0 fully saturated rings. The van der Waals surface area contributed by atoms with E-state index in [1.165, 1.54) is 12.3 Å². The van der Waals surface area contributed by atoms with Crippen molar-refractivity contribution in [1.82, 2.24) is 4.98 Å². The van der Waals surface area contributed by atoms with E-state index in [2.05, 4.69) is 10.3 Å². The molecule has 0 aliphatic rings. The number of benzene rings is 1. The molecule has 1 heterocycles. The van der Waals surface area contributed by atoms with Gasteiger partial charge in [-0.1, -0.05) is 24.3 Å². The lowest BCUT2D eigenvalue weighted by atomic mass is 10.1. The fourth-order valence-corrected chi connectivity index (χ4v) is 1.84. The van der Waals surface area contributed by atoms with E-state index in [0.29, 0.717) is 17.9 Å². The van der Waals surface area contributed by atoms with Crippen LogP contribution in [0.4, 0.5) is 11.5 Å². The van der Waals surface area contributed by atoms with E-state index in [0.717, 1.165) is 11.1 Å². The van der Waals surface area contributed by atoms with Crippen LogP contribution in [0, 0.1) is 17.0 Å². The number of rotatable bonds is 5. The number of nitrogens with zero attached hydrogens (tertiary/aromatic N) is 2. The summed E-state index contributed by atoms with van der Waals surface area (Å²) in [5.74, 6) is 0.455. The van der Waals surface area contributed by atoms with Gasteiger partial charge in [0, 0.05) is 18.3 Å². The Balaban J connectivity index is 2.10. The lowest BCUT2D eigenvalue weighted by Crippen LogP contribution is -2.03. The average molecular weight is 273 g/mol. The maximum absolute atomic E-state index is 10.9. The molecule has 0 bridgehead atoms. The molecule has 2 rings (SSSR count). The van der Waals surface area contributed by atoms with Gasteiger partial charge in [-0.05, 0) is 18.1 Å². The predicted octanol–water partition coefficient (Wildman–Crippen LogP) is 2.40. The Morgan fingerprint density at radius 1 is 1.35 bits per heavy atom. The van der Waals surface area contributed by atoms with Gasteiger partial charge in [0.15, 0.2) is 0 Å². The van der Waals surface area contributed by atoms with Crippen LogP contribution in [0.25, 0.3) is 0 Å². The number of anilines is 1. The van der Waals surface area contributed by atoms with Gasteiger partial charge in [-0.3, -0.25) is 10.1 Å². The number of hydrogen-bond acceptors (Lipinski definition) is 5. The van der Waals surface area contributed by atoms with Crippen molar-refractivity contribution in [3.05, 3.63) is 63.3 Å². The summed E-state index contributed by atoms with van der Waals surface area (Å²) in [7, 11) is 0. The summed E-state index contributed by atoms with van der Waals surface area (Å²) in [5.41, 5.74) is 2.38. The summed E-state index contributed by atoms with van der Waals surface area (Å²) in [6.45, 7) is 2.13. The van der Waals surface area contributed by atoms with Gasteiger partial charge in [0.2, 0.25) is 0 Å². The minimum absolute atomic E-state index is 0.0118. The Morgan fingerprint density at radius 3 is 2.80 bits per heavy atom. The van der Waals surface area contributed by atoms with Gasteiger partial charge in [-0.25, -0.2) is 4.98 Å². The summed E-state index contributed by atoms with van der Waals surface area (Å²) < 4.78 is 0. The number of aromatic nitrogens is 1. The van der Waals surface area contributed by atoms with Crippen molar-refractivity contribution in [2.45, 2.75) is 20.1 Å². The molecule has 1 aromatic heterocycles. The van der Waals surface area contributed by atoms with E-state index in [1.54, 1.807) is 6.92 Å². The fraction of sp³-hybridized carbons (Fsp3) is 0.214. The average Bonchev–Trinajstić information content (AvgIpc) is 2.46. The van der Waals surface area contributed by atoms with Crippen LogP contribution in [0.3, 0.4) is 0 Å². The summed E-state index contributed by atoms with van der Waals surface area (Å²) in [6.07, 6.45) is 1.48. The van der Waals surface area contributed by atoms with Crippen molar-refractivity contribution in [2.24, 2.45) is 0 Å². The van der Waals surface area contributed by atoms with Crippen molar-refractivity contribution in [1.29, 1.82) is 0 Å². The van der Waals surface area contributed by atoms with Crippen molar-refractivity contribution < 1.29 is 10.0 Å². The largest absolute Gasteiger partial charge is 0.392 e. The highest BCUT2D eigenvalue weighted by molar-refractivity contribution is 5.49. The minimum Gasteiger partial charge on any atom is -0.392 e. The zero-order chi connectivity index (χ0) is 14.5. The van der Waals surface area contributed by atoms with Crippen LogP contribution >= 0.6 is 0 Å². The topological polar surface area (TPSA) is 88.3 Å². The highest BCUT2D eigenvalue weighted by atomic mass is 16.6. The molecular weight excluding hydrogens is 258 g/mol. The van der Waals surface area contributed by atoms with E-state index >= 15 is 0 Å². The zero-order valence-electron chi connectivity index (χ0n) is 11.0. The van der Waals surface area contributed by atoms with Gasteiger partial charge >= 0.3 is 0 Å². The molecule has 0 unspecified atom stereocenters. The highest BCUT2D eigenvalue weighted by Gasteiger charge is 2.11. The van der Waals surface area contributed by atoms with E-state index in [-0.39, 0.29) is 12.3 Å². The Labute approximate surface area is 116 Å². The van der Waals surface area contributed by atoms with E-state index in [1.807, 2.05) is 24.3 Å². The fourth-order valence-electron chi connectivity index (χ4n) is 1.84. The predicted molar refractivity (Wildman–Crippen MR) is 75.3 cm³/mol. The molecule has 0 amide bonds. The van der Waals surface area contributed by atoms with Crippen LogP contribution in [-0.2, 0) is 13.2 Å². The monoisotopic (exact) mass is 273 g/mol. The molecule has 0 radical (unpaired) electrons. The second kappa shape index (κ2) is 6.12. The summed E-state index contributed by atoms with van der Waals surface area (Å²) in [5, 5.41) is 23.0. The van der Waals surface area contributed by atoms with Crippen LogP contribution in [0.1, 0.15) is 16.7 Å². The third kappa shape index (κ3) is 3.30. The van der Waals surface area contributed by atoms with Crippen molar-refractivity contribution in [2.75, 3.05) is 5.32 Å². The lowest BCUT2D eigenvalue weighted by molar-refractivity contribution is -0.385. The number of aliphatic hydroxyl groups is 1. The maximum Gasteiger partial charge on any atom is 0.277 e. The van der Waals surface area contributed by atoms with Crippen molar-refractivity contribution in [3.8, 4) is 0 Å². The smallest absolute Gasteiger partial charge is 0.277 e. The molecule has 0 saturated carbocycles. The van der Waals surface area contributed by atoms with E-state index < -0.39 is 4.92 Å². The van der Waals surface area contributed by atoms with Crippen molar-refractivity contribution >= 4 is 11.5 Å². The lowest BCUT2D eigenvalue weighted by Gasteiger charge is -2.07. The molecule has 6 heteroatoms. The highest BCUT2D eigenvalue weighted by Crippen LogP contribution is 2.20. The molecule has 0 atom stereocenters. The van der Waals surface area contributed by atoms with Gasteiger partial charge < -0.3 is 10.4 Å². The molecule has 2 N–H and O–H groups in total. The molecule has 2 aromatic rings. The zero-order valence-corrected chi connectivity index (χ0v) is 11.0. The molecule has 1 aromatic carbocycles. The van der Waals surface area contributed by atoms with Crippen LogP contribution in [-0.4, -0.2) is 15.0 Å². The second-order valence-corrected chi connectivity index (χ2v) is 4.44. The molecule has 20 heavy (non-hydrogen) atoms. The first-order valence-corrected chi connectivity index (χ1v) is 6.13. The SMILES string of the molecule is Cc1cnc(NCc2cccc(CO)c2)cc1[N+](=O)[O-]. The number of nitro groups is 1. The van der Waals surface area contributed by atoms with Crippen LogP contribution in [0.2, 0.25) is 0 Å². The number of hydrogen-bond donors (Lipinski definition) is 2. The van der Waals surface area contributed by atoms with E-state index in [4.69, 9.17) is 5.11 Å². The van der Waals surface area contributed by atoms with Gasteiger partial charge in [0.25, 0.3) is 5.69 Å². The Bertz CT molecular complexity index is 629. The summed E-state index contributed by atoms with van der Waals surface area (Å²) >= 11 is 0. The Morgan fingerprint density at radius 2 is 2.10 bits per heavy atom. The van der Waals surface area contributed by atoms with Gasteiger partial charge in [-0.2, -0.15) is 0 Å². The van der Waals surface area contributed by atoms with Gasteiger partial charge in [0.05, 0.1) is 17.6 Å². The molecule has 0 aliphatic heterocycles. The minimum atomic E-state index is -0.422. The van der Waals surface area contributed by atoms with E-state index in [9.17, 15) is 10.1 Å². The first kappa shape index (κ1) is 14.0. The molecular formula is C14H15N3O3. The molecule has 104 valence electrons. The molecule has 0 spiro atoms.